The SMILES string of the molecule is Cc1cc(C2CCOC2)cc(C)c1OCC(=O)NN=Cc1ccc2cc[nH]c2c1. The third-order valence-corrected chi connectivity index (χ3v) is 5.21. The smallest absolute Gasteiger partial charge is 0.277 e. The molecule has 0 saturated carbocycles. The number of carbonyl (C=O) groups is 1. The van der Waals surface area contributed by atoms with Gasteiger partial charge in [-0.25, -0.2) is 5.43 Å². The molecule has 0 radical (unpaired) electrons. The van der Waals surface area contributed by atoms with Crippen LogP contribution in [-0.4, -0.2) is 36.9 Å². The third kappa shape index (κ3) is 4.49. The Labute approximate surface area is 169 Å². The topological polar surface area (TPSA) is 75.7 Å². The van der Waals surface area contributed by atoms with Crippen molar-refractivity contribution in [1.29, 1.82) is 0 Å². The molecule has 0 spiro atoms. The number of hydrogen-bond acceptors (Lipinski definition) is 4. The van der Waals surface area contributed by atoms with Crippen molar-refractivity contribution in [1.82, 2.24) is 10.4 Å². The predicted octanol–water partition coefficient (Wildman–Crippen LogP) is 3.82. The van der Waals surface area contributed by atoms with Gasteiger partial charge in [0.2, 0.25) is 0 Å². The van der Waals surface area contributed by atoms with E-state index in [9.17, 15) is 4.79 Å². The standard InChI is InChI=1S/C23H25N3O3/c1-15-9-20(19-6-8-28-13-19)10-16(2)23(15)29-14-22(27)26-25-12-17-3-4-18-5-7-24-21(18)11-17/h3-5,7,9-12,19,24H,6,8,13-14H2,1-2H3,(H,26,27). The number of aryl methyl sites for hydroxylation is 2. The first-order valence-corrected chi connectivity index (χ1v) is 9.81. The lowest BCUT2D eigenvalue weighted by atomic mass is 9.94. The number of rotatable bonds is 6. The molecule has 6 heteroatoms. The van der Waals surface area contributed by atoms with Gasteiger partial charge in [0.15, 0.2) is 6.61 Å². The van der Waals surface area contributed by atoms with Gasteiger partial charge in [-0.15, -0.1) is 0 Å². The molecule has 1 atom stereocenters. The number of benzene rings is 2. The van der Waals surface area contributed by atoms with Crippen LogP contribution in [0.3, 0.4) is 0 Å². The normalized spacial score (nSPS) is 16.6. The largest absolute Gasteiger partial charge is 0.483 e. The van der Waals surface area contributed by atoms with E-state index in [1.165, 1.54) is 5.56 Å². The quantitative estimate of drug-likeness (QED) is 0.495. The highest BCUT2D eigenvalue weighted by Gasteiger charge is 2.19. The molecule has 1 saturated heterocycles. The van der Waals surface area contributed by atoms with Crippen LogP contribution < -0.4 is 10.2 Å². The average molecular weight is 391 g/mol. The summed E-state index contributed by atoms with van der Waals surface area (Å²) in [4.78, 5) is 15.3. The number of fused-ring (bicyclic) bond motifs is 1. The van der Waals surface area contributed by atoms with Crippen molar-refractivity contribution >= 4 is 23.0 Å². The zero-order chi connectivity index (χ0) is 20.2. The van der Waals surface area contributed by atoms with Gasteiger partial charge in [0.25, 0.3) is 5.91 Å². The minimum absolute atomic E-state index is 0.0828. The lowest BCUT2D eigenvalue weighted by Crippen LogP contribution is -2.25. The number of nitrogens with one attached hydrogen (secondary N) is 2. The van der Waals surface area contributed by atoms with E-state index >= 15 is 0 Å². The van der Waals surface area contributed by atoms with Gasteiger partial charge in [-0.1, -0.05) is 24.3 Å². The Morgan fingerprint density at radius 2 is 2.10 bits per heavy atom. The van der Waals surface area contributed by atoms with E-state index in [2.05, 4.69) is 27.6 Å². The fraction of sp³-hybridized carbons (Fsp3) is 0.304. The van der Waals surface area contributed by atoms with Crippen molar-refractivity contribution < 1.29 is 14.3 Å². The summed E-state index contributed by atoms with van der Waals surface area (Å²) in [7, 11) is 0. The van der Waals surface area contributed by atoms with Crippen LogP contribution in [0.25, 0.3) is 10.9 Å². The number of amides is 1. The van der Waals surface area contributed by atoms with Crippen LogP contribution in [0.4, 0.5) is 0 Å². The van der Waals surface area contributed by atoms with E-state index in [1.807, 2.05) is 44.3 Å². The molecular weight excluding hydrogens is 366 g/mol. The lowest BCUT2D eigenvalue weighted by Gasteiger charge is -2.16. The molecule has 2 aromatic carbocycles. The van der Waals surface area contributed by atoms with Crippen molar-refractivity contribution in [3.05, 3.63) is 64.8 Å². The fourth-order valence-corrected chi connectivity index (χ4v) is 3.74. The Morgan fingerprint density at radius 1 is 1.28 bits per heavy atom. The highest BCUT2D eigenvalue weighted by molar-refractivity contribution is 5.89. The molecule has 1 amide bonds. The fourth-order valence-electron chi connectivity index (χ4n) is 3.74. The minimum atomic E-state index is -0.297. The van der Waals surface area contributed by atoms with Crippen LogP contribution in [0.5, 0.6) is 5.75 Å². The highest BCUT2D eigenvalue weighted by Crippen LogP contribution is 2.31. The van der Waals surface area contributed by atoms with Crippen LogP contribution in [0.15, 0.2) is 47.7 Å². The first-order valence-electron chi connectivity index (χ1n) is 9.81. The van der Waals surface area contributed by atoms with Crippen LogP contribution in [0, 0.1) is 13.8 Å². The van der Waals surface area contributed by atoms with Crippen molar-refractivity contribution in [3.63, 3.8) is 0 Å². The highest BCUT2D eigenvalue weighted by atomic mass is 16.5. The minimum Gasteiger partial charge on any atom is -0.483 e. The molecule has 1 aromatic heterocycles. The van der Waals surface area contributed by atoms with E-state index in [1.54, 1.807) is 6.21 Å². The maximum atomic E-state index is 12.1. The molecule has 29 heavy (non-hydrogen) atoms. The lowest BCUT2D eigenvalue weighted by molar-refractivity contribution is -0.123. The number of aromatic nitrogens is 1. The van der Waals surface area contributed by atoms with Gasteiger partial charge in [0.1, 0.15) is 5.75 Å². The summed E-state index contributed by atoms with van der Waals surface area (Å²) in [5, 5.41) is 5.16. The first kappa shape index (κ1) is 19.2. The van der Waals surface area contributed by atoms with Gasteiger partial charge in [0.05, 0.1) is 12.8 Å². The molecule has 2 heterocycles. The summed E-state index contributed by atoms with van der Waals surface area (Å²) < 4.78 is 11.3. The molecule has 1 aliphatic rings. The molecule has 3 aromatic rings. The van der Waals surface area contributed by atoms with E-state index in [0.29, 0.717) is 5.92 Å². The predicted molar refractivity (Wildman–Crippen MR) is 114 cm³/mol. The number of H-pyrrole nitrogens is 1. The second-order valence-corrected chi connectivity index (χ2v) is 7.45. The van der Waals surface area contributed by atoms with E-state index in [4.69, 9.17) is 9.47 Å². The summed E-state index contributed by atoms with van der Waals surface area (Å²) in [6, 6.07) is 12.2. The number of ether oxygens (including phenoxy) is 2. The Bertz CT molecular complexity index is 1030. The van der Waals surface area contributed by atoms with Crippen molar-refractivity contribution in [2.24, 2.45) is 5.10 Å². The molecular formula is C23H25N3O3. The van der Waals surface area contributed by atoms with Gasteiger partial charge in [-0.05, 0) is 60.0 Å². The van der Waals surface area contributed by atoms with Crippen LogP contribution in [0.1, 0.15) is 34.6 Å². The van der Waals surface area contributed by atoms with Gasteiger partial charge < -0.3 is 14.5 Å². The number of aromatic amines is 1. The van der Waals surface area contributed by atoms with Crippen molar-refractivity contribution in [2.75, 3.05) is 19.8 Å². The number of carbonyl (C=O) groups excluding carboxylic acids is 1. The summed E-state index contributed by atoms with van der Waals surface area (Å²) in [6.07, 6.45) is 4.56. The van der Waals surface area contributed by atoms with Gasteiger partial charge in [0, 0.05) is 24.2 Å². The maximum absolute atomic E-state index is 12.1. The van der Waals surface area contributed by atoms with Gasteiger partial charge in [-0.2, -0.15) is 5.10 Å². The Kier molecular flexibility index (Phi) is 5.62. The third-order valence-electron chi connectivity index (χ3n) is 5.21. The monoisotopic (exact) mass is 391 g/mol. The Balaban J connectivity index is 1.33. The summed E-state index contributed by atoms with van der Waals surface area (Å²) in [6.45, 7) is 5.53. The zero-order valence-corrected chi connectivity index (χ0v) is 16.7. The van der Waals surface area contributed by atoms with Crippen LogP contribution in [0.2, 0.25) is 0 Å². The van der Waals surface area contributed by atoms with Crippen LogP contribution in [-0.2, 0) is 9.53 Å². The molecule has 0 bridgehead atoms. The summed E-state index contributed by atoms with van der Waals surface area (Å²) in [5.74, 6) is 0.905. The van der Waals surface area contributed by atoms with E-state index in [-0.39, 0.29) is 12.5 Å². The molecule has 1 fully saturated rings. The zero-order valence-electron chi connectivity index (χ0n) is 16.7. The second kappa shape index (κ2) is 8.49. The van der Waals surface area contributed by atoms with Crippen molar-refractivity contribution in [2.45, 2.75) is 26.2 Å². The van der Waals surface area contributed by atoms with Crippen LogP contribution >= 0.6 is 0 Å². The van der Waals surface area contributed by atoms with Crippen molar-refractivity contribution in [3.8, 4) is 5.75 Å². The van der Waals surface area contributed by atoms with E-state index < -0.39 is 0 Å². The number of nitrogens with zero attached hydrogens (tertiary/aromatic N) is 1. The Morgan fingerprint density at radius 3 is 2.86 bits per heavy atom. The second-order valence-electron chi connectivity index (χ2n) is 7.45. The first-order chi connectivity index (χ1) is 14.1. The molecule has 150 valence electrons. The molecule has 2 N–H and O–H groups in total. The Hall–Kier alpha value is -3.12. The molecule has 1 unspecified atom stereocenters. The summed E-state index contributed by atoms with van der Waals surface area (Å²) >= 11 is 0. The van der Waals surface area contributed by atoms with E-state index in [0.717, 1.165) is 53.0 Å². The molecule has 1 aliphatic heterocycles. The maximum Gasteiger partial charge on any atom is 0.277 e. The van der Waals surface area contributed by atoms with Gasteiger partial charge in [-0.3, -0.25) is 4.79 Å². The molecule has 6 nitrogen and oxygen atoms in total. The number of hydrazone groups is 1. The number of hydrogen-bond donors (Lipinski definition) is 2. The molecule has 0 aliphatic carbocycles. The molecule has 4 rings (SSSR count). The van der Waals surface area contributed by atoms with Gasteiger partial charge >= 0.3 is 0 Å². The average Bonchev–Trinajstić information content (AvgIpc) is 3.39. The summed E-state index contributed by atoms with van der Waals surface area (Å²) in [5.41, 5.74) is 7.79.